The van der Waals surface area contributed by atoms with E-state index in [1.807, 2.05) is 24.3 Å². The summed E-state index contributed by atoms with van der Waals surface area (Å²) < 4.78 is 15.9. The third-order valence-corrected chi connectivity index (χ3v) is 4.63. The van der Waals surface area contributed by atoms with Crippen LogP contribution < -0.4 is 9.47 Å². The highest BCUT2D eigenvalue weighted by Gasteiger charge is 2.17. The number of benzene rings is 2. The number of hydrogen-bond acceptors (Lipinski definition) is 6. The van der Waals surface area contributed by atoms with Crippen molar-refractivity contribution in [3.05, 3.63) is 59.5 Å². The molecule has 0 atom stereocenters. The van der Waals surface area contributed by atoms with Crippen LogP contribution in [0.1, 0.15) is 43.2 Å². The number of aliphatic carboxylic acids is 1. The van der Waals surface area contributed by atoms with Gasteiger partial charge in [-0.05, 0) is 41.3 Å². The number of carboxylic acids is 1. The quantitative estimate of drug-likeness (QED) is 0.567. The van der Waals surface area contributed by atoms with Crippen LogP contribution in [0.3, 0.4) is 0 Å². The molecule has 0 saturated heterocycles. The number of hydrogen-bond donors (Lipinski definition) is 1. The van der Waals surface area contributed by atoms with E-state index in [-0.39, 0.29) is 12.3 Å². The molecule has 30 heavy (non-hydrogen) atoms. The Bertz CT molecular complexity index is 1050. The number of rotatable bonds is 8. The van der Waals surface area contributed by atoms with Crippen molar-refractivity contribution in [1.29, 1.82) is 0 Å². The molecule has 0 bridgehead atoms. The fourth-order valence-electron chi connectivity index (χ4n) is 2.98. The molecule has 0 aliphatic carbocycles. The summed E-state index contributed by atoms with van der Waals surface area (Å²) in [5, 5.41) is 13.3. The normalized spacial score (nSPS) is 11.6. The zero-order chi connectivity index (χ0) is 21.7. The fraction of sp³-hybridized carbons (Fsp3) is 0.261. The number of carboxylic acid groups (broad SMARTS) is 1. The largest absolute Gasteiger partial charge is 0.493 e. The van der Waals surface area contributed by atoms with Crippen molar-refractivity contribution in [2.45, 2.75) is 26.2 Å². The van der Waals surface area contributed by atoms with Crippen molar-refractivity contribution in [2.75, 3.05) is 14.2 Å². The van der Waals surface area contributed by atoms with Gasteiger partial charge in [-0.15, -0.1) is 0 Å². The van der Waals surface area contributed by atoms with Gasteiger partial charge in [0.25, 0.3) is 5.89 Å². The first-order valence-corrected chi connectivity index (χ1v) is 9.50. The predicted molar refractivity (Wildman–Crippen MR) is 113 cm³/mol. The molecule has 0 radical (unpaired) electrons. The number of nitrogens with zero attached hydrogens (tertiary/aromatic N) is 2. The maximum atomic E-state index is 11.4. The smallest absolute Gasteiger partial charge is 0.308 e. The number of aromatic nitrogens is 2. The van der Waals surface area contributed by atoms with Crippen LogP contribution in [-0.2, 0) is 4.79 Å². The summed E-state index contributed by atoms with van der Waals surface area (Å²) >= 11 is 0. The second kappa shape index (κ2) is 9.26. The molecule has 3 rings (SSSR count). The Hall–Kier alpha value is -3.61. The topological polar surface area (TPSA) is 94.7 Å². The van der Waals surface area contributed by atoms with Crippen molar-refractivity contribution in [3.8, 4) is 22.9 Å². The molecule has 0 unspecified atom stereocenters. The lowest BCUT2D eigenvalue weighted by atomic mass is 10.0. The van der Waals surface area contributed by atoms with Gasteiger partial charge in [0.05, 0.1) is 20.6 Å². The summed E-state index contributed by atoms with van der Waals surface area (Å²) in [5.74, 6) is 1.05. The molecule has 1 N–H and O–H groups in total. The summed E-state index contributed by atoms with van der Waals surface area (Å²) in [6.45, 7) is 4.24. The average Bonchev–Trinajstić information content (AvgIpc) is 3.23. The first kappa shape index (κ1) is 21.1. The van der Waals surface area contributed by atoms with E-state index in [1.54, 1.807) is 38.5 Å². The van der Waals surface area contributed by atoms with Gasteiger partial charge in [-0.2, -0.15) is 4.98 Å². The highest BCUT2D eigenvalue weighted by Crippen LogP contribution is 2.32. The molecular formula is C23H24N2O5. The van der Waals surface area contributed by atoms with Crippen molar-refractivity contribution in [3.63, 3.8) is 0 Å². The van der Waals surface area contributed by atoms with Crippen molar-refractivity contribution in [2.24, 2.45) is 0 Å². The van der Waals surface area contributed by atoms with Crippen LogP contribution in [0.15, 0.2) is 47.0 Å². The van der Waals surface area contributed by atoms with Gasteiger partial charge in [0.15, 0.2) is 11.5 Å². The Balaban J connectivity index is 1.94. The van der Waals surface area contributed by atoms with Gasteiger partial charge in [-0.1, -0.05) is 43.3 Å². The Labute approximate surface area is 175 Å². The molecule has 7 nitrogen and oxygen atoms in total. The number of ether oxygens (including phenoxy) is 2. The fourth-order valence-corrected chi connectivity index (χ4v) is 2.98. The molecular weight excluding hydrogens is 384 g/mol. The highest BCUT2D eigenvalue weighted by molar-refractivity contribution is 5.89. The van der Waals surface area contributed by atoms with Gasteiger partial charge < -0.3 is 19.1 Å². The maximum absolute atomic E-state index is 11.4. The third-order valence-electron chi connectivity index (χ3n) is 4.63. The molecule has 7 heteroatoms. The first-order valence-electron chi connectivity index (χ1n) is 9.50. The van der Waals surface area contributed by atoms with E-state index in [0.717, 1.165) is 5.56 Å². The Morgan fingerprint density at radius 2 is 1.80 bits per heavy atom. The molecule has 0 fully saturated rings. The lowest BCUT2D eigenvalue weighted by Gasteiger charge is -2.07. The molecule has 1 heterocycles. The van der Waals surface area contributed by atoms with Crippen LogP contribution in [0.25, 0.3) is 23.0 Å². The van der Waals surface area contributed by atoms with Gasteiger partial charge in [0.2, 0.25) is 5.82 Å². The summed E-state index contributed by atoms with van der Waals surface area (Å²) in [6, 6.07) is 13.2. The third kappa shape index (κ3) is 4.86. The lowest BCUT2D eigenvalue weighted by molar-refractivity contribution is -0.135. The number of methoxy groups -OCH3 is 2. The zero-order valence-electron chi connectivity index (χ0n) is 17.4. The summed E-state index contributed by atoms with van der Waals surface area (Å²) in [5.41, 5.74) is 3.17. The van der Waals surface area contributed by atoms with Crippen molar-refractivity contribution in [1.82, 2.24) is 10.1 Å². The molecule has 156 valence electrons. The van der Waals surface area contributed by atoms with E-state index in [1.165, 1.54) is 5.56 Å². The van der Waals surface area contributed by atoms with Gasteiger partial charge in [0, 0.05) is 11.1 Å². The second-order valence-electron chi connectivity index (χ2n) is 7.05. The molecule has 1 aromatic heterocycles. The van der Waals surface area contributed by atoms with E-state index in [2.05, 4.69) is 24.0 Å². The lowest BCUT2D eigenvalue weighted by Crippen LogP contribution is -1.98. The molecule has 2 aromatic carbocycles. The van der Waals surface area contributed by atoms with E-state index < -0.39 is 5.97 Å². The van der Waals surface area contributed by atoms with Gasteiger partial charge in [-0.25, -0.2) is 0 Å². The van der Waals surface area contributed by atoms with Crippen LogP contribution in [-0.4, -0.2) is 35.4 Å². The molecule has 0 aliphatic rings. The Kier molecular flexibility index (Phi) is 6.51. The maximum Gasteiger partial charge on any atom is 0.308 e. The standard InChI is InChI=1S/C23H24N2O5/c1-14(2)16-7-5-15(6-8-16)11-18(13-21(26)27)23-24-22(25-30-23)17-9-10-19(28-3)20(12-17)29-4/h5-12,14H,13H2,1-4H3,(H,26,27)/b18-11+. The minimum Gasteiger partial charge on any atom is -0.493 e. The van der Waals surface area contributed by atoms with Crippen molar-refractivity contribution >= 4 is 17.6 Å². The molecule has 0 saturated carbocycles. The van der Waals surface area contributed by atoms with Gasteiger partial charge >= 0.3 is 5.97 Å². The SMILES string of the molecule is COc1ccc(-c2noc(/C(=C/c3ccc(C(C)C)cc3)CC(=O)O)n2)cc1OC. The first-order chi connectivity index (χ1) is 14.4. The van der Waals surface area contributed by atoms with Gasteiger partial charge in [0.1, 0.15) is 0 Å². The predicted octanol–water partition coefficient (Wildman–Crippen LogP) is 4.89. The summed E-state index contributed by atoms with van der Waals surface area (Å²) in [4.78, 5) is 15.8. The number of carbonyl (C=O) groups is 1. The van der Waals surface area contributed by atoms with E-state index in [0.29, 0.717) is 34.4 Å². The average molecular weight is 408 g/mol. The van der Waals surface area contributed by atoms with E-state index in [9.17, 15) is 9.90 Å². The monoisotopic (exact) mass is 408 g/mol. The van der Waals surface area contributed by atoms with Crippen LogP contribution in [0.5, 0.6) is 11.5 Å². The van der Waals surface area contributed by atoms with Crippen LogP contribution >= 0.6 is 0 Å². The zero-order valence-corrected chi connectivity index (χ0v) is 17.4. The summed E-state index contributed by atoms with van der Waals surface area (Å²) in [6.07, 6.45) is 1.52. The van der Waals surface area contributed by atoms with Crippen molar-refractivity contribution < 1.29 is 23.9 Å². The van der Waals surface area contributed by atoms with Gasteiger partial charge in [-0.3, -0.25) is 4.79 Å². The molecule has 0 amide bonds. The van der Waals surface area contributed by atoms with E-state index >= 15 is 0 Å². The minimum absolute atomic E-state index is 0.162. The van der Waals surface area contributed by atoms with Crippen LogP contribution in [0.2, 0.25) is 0 Å². The minimum atomic E-state index is -0.981. The highest BCUT2D eigenvalue weighted by atomic mass is 16.5. The molecule has 0 spiro atoms. The Morgan fingerprint density at radius 3 is 2.40 bits per heavy atom. The summed E-state index contributed by atoms with van der Waals surface area (Å²) in [7, 11) is 3.10. The second-order valence-corrected chi connectivity index (χ2v) is 7.05. The van der Waals surface area contributed by atoms with Crippen LogP contribution in [0.4, 0.5) is 0 Å². The Morgan fingerprint density at radius 1 is 1.10 bits per heavy atom. The molecule has 3 aromatic rings. The van der Waals surface area contributed by atoms with E-state index in [4.69, 9.17) is 14.0 Å². The van der Waals surface area contributed by atoms with Crippen LogP contribution in [0, 0.1) is 0 Å². The molecule has 0 aliphatic heterocycles.